The van der Waals surface area contributed by atoms with E-state index >= 15 is 0 Å². The number of hydrogen-bond donors (Lipinski definition) is 3. The standard InChI is InChI=1S/C19H18Cl2N4O5/c1-10(2)17(23-18(27)12-4-5-13(20)14(21)8-12)19(28)24-22-9-11-3-6-16(26)15(7-11)25(29)30/h3-10,17,26H,1-2H3,(H,23,27)(H,24,28)/b22-9+. The van der Waals surface area contributed by atoms with Crippen LogP contribution in [-0.2, 0) is 4.79 Å². The number of nitro groups is 1. The topological polar surface area (TPSA) is 134 Å². The van der Waals surface area contributed by atoms with Crippen LogP contribution in [-0.4, -0.2) is 34.1 Å². The lowest BCUT2D eigenvalue weighted by atomic mass is 10.0. The number of phenols is 1. The van der Waals surface area contributed by atoms with E-state index in [1.54, 1.807) is 13.8 Å². The van der Waals surface area contributed by atoms with Gasteiger partial charge in [-0.15, -0.1) is 0 Å². The molecule has 2 aromatic carbocycles. The van der Waals surface area contributed by atoms with Gasteiger partial charge in [-0.1, -0.05) is 37.0 Å². The highest BCUT2D eigenvalue weighted by molar-refractivity contribution is 6.42. The molecular formula is C19H18Cl2N4O5. The molecule has 2 rings (SSSR count). The van der Waals surface area contributed by atoms with Gasteiger partial charge in [-0.05, 0) is 36.2 Å². The van der Waals surface area contributed by atoms with E-state index < -0.39 is 34.2 Å². The number of hydrazone groups is 1. The van der Waals surface area contributed by atoms with Crippen molar-refractivity contribution in [1.29, 1.82) is 0 Å². The predicted molar refractivity (Wildman–Crippen MR) is 113 cm³/mol. The molecule has 0 aromatic heterocycles. The van der Waals surface area contributed by atoms with Gasteiger partial charge in [0.1, 0.15) is 6.04 Å². The van der Waals surface area contributed by atoms with Crippen molar-refractivity contribution in [2.75, 3.05) is 0 Å². The third kappa shape index (κ3) is 5.91. The van der Waals surface area contributed by atoms with Crippen molar-refractivity contribution in [3.05, 3.63) is 67.7 Å². The summed E-state index contributed by atoms with van der Waals surface area (Å²) in [6.45, 7) is 3.48. The Morgan fingerprint density at radius 2 is 1.87 bits per heavy atom. The second-order valence-corrected chi connectivity index (χ2v) is 7.38. The Balaban J connectivity index is 2.07. The lowest BCUT2D eigenvalue weighted by molar-refractivity contribution is -0.385. The molecule has 0 aliphatic heterocycles. The van der Waals surface area contributed by atoms with Crippen LogP contribution in [0, 0.1) is 16.0 Å². The Bertz CT molecular complexity index is 1010. The van der Waals surface area contributed by atoms with Crippen LogP contribution in [0.15, 0.2) is 41.5 Å². The van der Waals surface area contributed by atoms with Crippen LogP contribution >= 0.6 is 23.2 Å². The number of aromatic hydroxyl groups is 1. The maximum Gasteiger partial charge on any atom is 0.311 e. The molecule has 2 amide bonds. The molecule has 0 spiro atoms. The Kier molecular flexibility index (Phi) is 7.73. The number of benzene rings is 2. The number of nitrogens with one attached hydrogen (secondary N) is 2. The molecule has 1 unspecified atom stereocenters. The first kappa shape index (κ1) is 23.1. The molecule has 30 heavy (non-hydrogen) atoms. The fourth-order valence-electron chi connectivity index (χ4n) is 2.40. The molecule has 0 saturated heterocycles. The summed E-state index contributed by atoms with van der Waals surface area (Å²) in [4.78, 5) is 35.0. The van der Waals surface area contributed by atoms with E-state index in [0.717, 1.165) is 12.1 Å². The van der Waals surface area contributed by atoms with Gasteiger partial charge in [-0.3, -0.25) is 19.7 Å². The molecule has 0 bridgehead atoms. The Morgan fingerprint density at radius 1 is 1.17 bits per heavy atom. The minimum absolute atomic E-state index is 0.211. The van der Waals surface area contributed by atoms with Crippen molar-refractivity contribution in [2.45, 2.75) is 19.9 Å². The third-order valence-electron chi connectivity index (χ3n) is 4.00. The quantitative estimate of drug-likeness (QED) is 0.335. The van der Waals surface area contributed by atoms with E-state index in [1.165, 1.54) is 30.5 Å². The minimum Gasteiger partial charge on any atom is -0.502 e. The number of nitrogens with zero attached hydrogens (tertiary/aromatic N) is 2. The van der Waals surface area contributed by atoms with E-state index in [9.17, 15) is 24.8 Å². The fourth-order valence-corrected chi connectivity index (χ4v) is 2.70. The number of nitro benzene ring substituents is 1. The summed E-state index contributed by atoms with van der Waals surface area (Å²) in [6.07, 6.45) is 1.18. The number of carbonyl (C=O) groups excluding carboxylic acids is 2. The Labute approximate surface area is 181 Å². The average Bonchev–Trinajstić information content (AvgIpc) is 2.68. The van der Waals surface area contributed by atoms with Crippen LogP contribution in [0.3, 0.4) is 0 Å². The van der Waals surface area contributed by atoms with Gasteiger partial charge in [-0.25, -0.2) is 5.43 Å². The van der Waals surface area contributed by atoms with Gasteiger partial charge in [-0.2, -0.15) is 5.10 Å². The molecule has 0 fully saturated rings. The number of phenolic OH excluding ortho intramolecular Hbond substituents is 1. The number of hydrogen-bond acceptors (Lipinski definition) is 6. The molecule has 3 N–H and O–H groups in total. The van der Waals surface area contributed by atoms with Crippen molar-refractivity contribution in [1.82, 2.24) is 10.7 Å². The summed E-state index contributed by atoms with van der Waals surface area (Å²) in [6, 6.07) is 7.10. The van der Waals surface area contributed by atoms with E-state index in [2.05, 4.69) is 15.8 Å². The third-order valence-corrected chi connectivity index (χ3v) is 4.74. The first-order chi connectivity index (χ1) is 14.1. The normalized spacial score (nSPS) is 12.0. The van der Waals surface area contributed by atoms with E-state index in [-0.39, 0.29) is 16.5 Å². The summed E-state index contributed by atoms with van der Waals surface area (Å²) in [5.41, 5.74) is 2.33. The summed E-state index contributed by atoms with van der Waals surface area (Å²) >= 11 is 11.8. The number of rotatable bonds is 7. The second kappa shape index (κ2) is 10.0. The number of halogens is 2. The molecule has 0 aliphatic carbocycles. The van der Waals surface area contributed by atoms with Crippen LogP contribution < -0.4 is 10.7 Å². The first-order valence-corrected chi connectivity index (χ1v) is 9.42. The van der Waals surface area contributed by atoms with Gasteiger partial charge >= 0.3 is 5.69 Å². The zero-order chi connectivity index (χ0) is 22.4. The summed E-state index contributed by atoms with van der Waals surface area (Å²) < 4.78 is 0. The lowest BCUT2D eigenvalue weighted by Crippen LogP contribution is -2.48. The maximum absolute atomic E-state index is 12.5. The van der Waals surface area contributed by atoms with Gasteiger partial charge in [0.15, 0.2) is 5.75 Å². The highest BCUT2D eigenvalue weighted by Crippen LogP contribution is 2.25. The molecule has 0 heterocycles. The summed E-state index contributed by atoms with van der Waals surface area (Å²) in [5, 5.41) is 27.2. The van der Waals surface area contributed by atoms with Crippen molar-refractivity contribution in [3.8, 4) is 5.75 Å². The molecule has 9 nitrogen and oxygen atoms in total. The van der Waals surface area contributed by atoms with Gasteiger partial charge < -0.3 is 10.4 Å². The zero-order valence-electron chi connectivity index (χ0n) is 15.9. The predicted octanol–water partition coefficient (Wildman–Crippen LogP) is 3.51. The van der Waals surface area contributed by atoms with Crippen LogP contribution in [0.1, 0.15) is 29.8 Å². The van der Waals surface area contributed by atoms with Crippen molar-refractivity contribution in [2.24, 2.45) is 11.0 Å². The lowest BCUT2D eigenvalue weighted by Gasteiger charge is -2.20. The Hall–Kier alpha value is -3.17. The van der Waals surface area contributed by atoms with E-state index in [1.807, 2.05) is 0 Å². The van der Waals surface area contributed by atoms with Crippen LogP contribution in [0.5, 0.6) is 5.75 Å². The van der Waals surface area contributed by atoms with Gasteiger partial charge in [0.25, 0.3) is 11.8 Å². The van der Waals surface area contributed by atoms with Crippen molar-refractivity contribution < 1.29 is 19.6 Å². The number of amides is 2. The molecule has 2 aromatic rings. The molecule has 158 valence electrons. The molecule has 0 aliphatic rings. The zero-order valence-corrected chi connectivity index (χ0v) is 17.4. The molecule has 0 saturated carbocycles. The maximum atomic E-state index is 12.5. The largest absolute Gasteiger partial charge is 0.502 e. The fraction of sp³-hybridized carbons (Fsp3) is 0.211. The first-order valence-electron chi connectivity index (χ1n) is 8.66. The van der Waals surface area contributed by atoms with Crippen LogP contribution in [0.2, 0.25) is 10.0 Å². The van der Waals surface area contributed by atoms with Gasteiger partial charge in [0.05, 0.1) is 21.2 Å². The van der Waals surface area contributed by atoms with Crippen LogP contribution in [0.4, 0.5) is 5.69 Å². The average molecular weight is 453 g/mol. The van der Waals surface area contributed by atoms with E-state index in [4.69, 9.17) is 23.2 Å². The SMILES string of the molecule is CC(C)C(NC(=O)c1ccc(Cl)c(Cl)c1)C(=O)N/N=C/c1ccc(O)c([N+](=O)[O-])c1. The van der Waals surface area contributed by atoms with Crippen molar-refractivity contribution >= 4 is 46.9 Å². The van der Waals surface area contributed by atoms with E-state index in [0.29, 0.717) is 10.6 Å². The molecule has 11 heteroatoms. The minimum atomic E-state index is -0.904. The van der Waals surface area contributed by atoms with Crippen LogP contribution in [0.25, 0.3) is 0 Å². The molecule has 1 atom stereocenters. The summed E-state index contributed by atoms with van der Waals surface area (Å²) in [7, 11) is 0. The van der Waals surface area contributed by atoms with Gasteiger partial charge in [0, 0.05) is 17.2 Å². The smallest absolute Gasteiger partial charge is 0.311 e. The highest BCUT2D eigenvalue weighted by atomic mass is 35.5. The molecule has 0 radical (unpaired) electrons. The van der Waals surface area contributed by atoms with Gasteiger partial charge in [0.2, 0.25) is 0 Å². The van der Waals surface area contributed by atoms with Crippen molar-refractivity contribution in [3.63, 3.8) is 0 Å². The monoisotopic (exact) mass is 452 g/mol. The second-order valence-electron chi connectivity index (χ2n) is 6.56. The highest BCUT2D eigenvalue weighted by Gasteiger charge is 2.24. The Morgan fingerprint density at radius 3 is 2.47 bits per heavy atom. The summed E-state index contributed by atoms with van der Waals surface area (Å²) in [5.74, 6) is -1.84. The number of carbonyl (C=O) groups is 2. The molecular weight excluding hydrogens is 435 g/mol.